The van der Waals surface area contributed by atoms with Crippen molar-refractivity contribution in [3.05, 3.63) is 89.4 Å². The molecular formula is C24H21ClO5. The average Bonchev–Trinajstić information content (AvgIpc) is 2.73. The first-order valence-electron chi connectivity index (χ1n) is 9.52. The highest BCUT2D eigenvalue weighted by Gasteiger charge is 2.09. The Balaban J connectivity index is 1.38. The summed E-state index contributed by atoms with van der Waals surface area (Å²) in [6, 6.07) is 23.4. The Kier molecular flexibility index (Phi) is 7.86. The summed E-state index contributed by atoms with van der Waals surface area (Å²) >= 11 is 5.85. The summed E-state index contributed by atoms with van der Waals surface area (Å²) in [5.74, 6) is 0.984. The number of benzene rings is 3. The standard InChI is InChI=1S/C24H21ClO5/c25-19-8-5-12-22(16-19)30-24(27)14-6-13-23(26)28-17-18-7-4-11-21(15-18)29-20-9-2-1-3-10-20/h1-5,7-12,15-16H,6,13-14,17H2. The first-order chi connectivity index (χ1) is 14.6. The van der Waals surface area contributed by atoms with E-state index >= 15 is 0 Å². The van der Waals surface area contributed by atoms with Gasteiger partial charge in [-0.1, -0.05) is 48.0 Å². The molecule has 3 aromatic rings. The molecule has 0 saturated heterocycles. The highest BCUT2D eigenvalue weighted by Crippen LogP contribution is 2.22. The van der Waals surface area contributed by atoms with Crippen molar-refractivity contribution in [1.82, 2.24) is 0 Å². The number of carbonyl (C=O) groups is 2. The second kappa shape index (κ2) is 11.0. The van der Waals surface area contributed by atoms with E-state index in [2.05, 4.69) is 0 Å². The van der Waals surface area contributed by atoms with Crippen LogP contribution in [0, 0.1) is 0 Å². The van der Waals surface area contributed by atoms with Crippen molar-refractivity contribution in [3.63, 3.8) is 0 Å². The quantitative estimate of drug-likeness (QED) is 0.313. The first-order valence-corrected chi connectivity index (χ1v) is 9.90. The van der Waals surface area contributed by atoms with Crippen molar-refractivity contribution in [2.24, 2.45) is 0 Å². The monoisotopic (exact) mass is 424 g/mol. The molecule has 0 spiro atoms. The van der Waals surface area contributed by atoms with Crippen molar-refractivity contribution in [1.29, 1.82) is 0 Å². The lowest BCUT2D eigenvalue weighted by molar-refractivity contribution is -0.145. The van der Waals surface area contributed by atoms with E-state index in [4.69, 9.17) is 25.8 Å². The van der Waals surface area contributed by atoms with E-state index in [9.17, 15) is 9.59 Å². The maximum absolute atomic E-state index is 12.0. The third-order valence-corrected chi connectivity index (χ3v) is 4.30. The van der Waals surface area contributed by atoms with Crippen molar-refractivity contribution in [2.75, 3.05) is 0 Å². The largest absolute Gasteiger partial charge is 0.461 e. The molecule has 0 radical (unpaired) electrons. The fraction of sp³-hybridized carbons (Fsp3) is 0.167. The molecule has 154 valence electrons. The molecule has 0 aliphatic rings. The van der Waals surface area contributed by atoms with Gasteiger partial charge in [-0.2, -0.15) is 0 Å². The third kappa shape index (κ3) is 7.26. The fourth-order valence-electron chi connectivity index (χ4n) is 2.65. The molecule has 3 aromatic carbocycles. The number of halogens is 1. The molecule has 0 fully saturated rings. The number of rotatable bonds is 9. The van der Waals surface area contributed by atoms with E-state index in [1.165, 1.54) is 0 Å². The van der Waals surface area contributed by atoms with E-state index in [0.29, 0.717) is 22.9 Å². The van der Waals surface area contributed by atoms with Crippen LogP contribution >= 0.6 is 11.6 Å². The Hall–Kier alpha value is -3.31. The van der Waals surface area contributed by atoms with Crippen LogP contribution in [0.2, 0.25) is 5.02 Å². The highest BCUT2D eigenvalue weighted by atomic mass is 35.5. The molecule has 0 atom stereocenters. The third-order valence-electron chi connectivity index (χ3n) is 4.07. The van der Waals surface area contributed by atoms with Gasteiger partial charge in [0.1, 0.15) is 23.9 Å². The lowest BCUT2D eigenvalue weighted by atomic mass is 10.2. The van der Waals surface area contributed by atoms with Gasteiger partial charge in [0.15, 0.2) is 0 Å². The van der Waals surface area contributed by atoms with Crippen LogP contribution in [0.5, 0.6) is 17.2 Å². The molecule has 0 aromatic heterocycles. The number of para-hydroxylation sites is 1. The number of esters is 2. The zero-order valence-corrected chi connectivity index (χ0v) is 17.0. The summed E-state index contributed by atoms with van der Waals surface area (Å²) in [6.45, 7) is 0.137. The van der Waals surface area contributed by atoms with Crippen LogP contribution in [-0.2, 0) is 20.9 Å². The van der Waals surface area contributed by atoms with Crippen molar-refractivity contribution in [2.45, 2.75) is 25.9 Å². The smallest absolute Gasteiger partial charge is 0.311 e. The fourth-order valence-corrected chi connectivity index (χ4v) is 2.83. The Morgan fingerprint density at radius 2 is 1.43 bits per heavy atom. The second-order valence-corrected chi connectivity index (χ2v) is 6.94. The van der Waals surface area contributed by atoms with Crippen molar-refractivity contribution >= 4 is 23.5 Å². The van der Waals surface area contributed by atoms with Gasteiger partial charge in [0.2, 0.25) is 0 Å². The average molecular weight is 425 g/mol. The number of ether oxygens (including phenoxy) is 3. The molecule has 3 rings (SSSR count). The molecule has 30 heavy (non-hydrogen) atoms. The van der Waals surface area contributed by atoms with Crippen molar-refractivity contribution < 1.29 is 23.8 Å². The first kappa shape index (κ1) is 21.4. The summed E-state index contributed by atoms with van der Waals surface area (Å²) in [5.41, 5.74) is 0.817. The summed E-state index contributed by atoms with van der Waals surface area (Å²) in [6.07, 6.45) is 0.586. The molecule has 0 amide bonds. The van der Waals surface area contributed by atoms with Crippen LogP contribution in [-0.4, -0.2) is 11.9 Å². The highest BCUT2D eigenvalue weighted by molar-refractivity contribution is 6.30. The van der Waals surface area contributed by atoms with Gasteiger partial charge in [-0.3, -0.25) is 9.59 Å². The molecule has 5 nitrogen and oxygen atoms in total. The molecule has 0 aliphatic heterocycles. The van der Waals surface area contributed by atoms with Gasteiger partial charge in [-0.05, 0) is 54.4 Å². The summed E-state index contributed by atoms with van der Waals surface area (Å²) in [4.78, 5) is 23.8. The lowest BCUT2D eigenvalue weighted by Gasteiger charge is -2.09. The molecule has 0 bridgehead atoms. The predicted molar refractivity (Wildman–Crippen MR) is 114 cm³/mol. The molecule has 6 heteroatoms. The zero-order chi connectivity index (χ0) is 21.2. The molecule has 0 aliphatic carbocycles. The summed E-state index contributed by atoms with van der Waals surface area (Å²) in [5, 5.41) is 0.488. The Morgan fingerprint density at radius 3 is 2.23 bits per heavy atom. The minimum atomic E-state index is -0.421. The van der Waals surface area contributed by atoms with Gasteiger partial charge in [0, 0.05) is 17.9 Å². The summed E-state index contributed by atoms with van der Waals surface area (Å²) in [7, 11) is 0. The van der Waals surface area contributed by atoms with Gasteiger partial charge in [-0.25, -0.2) is 0 Å². The zero-order valence-electron chi connectivity index (χ0n) is 16.3. The lowest BCUT2D eigenvalue weighted by Crippen LogP contribution is -2.10. The molecular weight excluding hydrogens is 404 g/mol. The van der Waals surface area contributed by atoms with E-state index < -0.39 is 5.97 Å². The van der Waals surface area contributed by atoms with Gasteiger partial charge in [0.25, 0.3) is 0 Å². The van der Waals surface area contributed by atoms with Crippen LogP contribution in [0.25, 0.3) is 0 Å². The predicted octanol–water partition coefficient (Wildman–Crippen LogP) is 5.95. The molecule has 0 heterocycles. The Labute approximate surface area is 180 Å². The minimum absolute atomic E-state index is 0.113. The second-order valence-electron chi connectivity index (χ2n) is 6.51. The Morgan fingerprint density at radius 1 is 0.733 bits per heavy atom. The van der Waals surface area contributed by atoms with Crippen LogP contribution in [0.1, 0.15) is 24.8 Å². The molecule has 0 unspecified atom stereocenters. The SMILES string of the molecule is O=C(CCCC(=O)Oc1cccc(Cl)c1)OCc1cccc(Oc2ccccc2)c1. The molecule has 0 N–H and O–H groups in total. The van der Waals surface area contributed by atoms with Crippen LogP contribution in [0.3, 0.4) is 0 Å². The van der Waals surface area contributed by atoms with Gasteiger partial charge < -0.3 is 14.2 Å². The number of hydrogen-bond donors (Lipinski definition) is 0. The topological polar surface area (TPSA) is 61.8 Å². The van der Waals surface area contributed by atoms with Crippen LogP contribution in [0.15, 0.2) is 78.9 Å². The number of hydrogen-bond acceptors (Lipinski definition) is 5. The van der Waals surface area contributed by atoms with Gasteiger partial charge in [0.05, 0.1) is 0 Å². The maximum atomic E-state index is 12.0. The molecule has 0 saturated carbocycles. The van der Waals surface area contributed by atoms with E-state index in [1.54, 1.807) is 24.3 Å². The van der Waals surface area contributed by atoms with Gasteiger partial charge in [-0.15, -0.1) is 0 Å². The maximum Gasteiger partial charge on any atom is 0.311 e. The van der Waals surface area contributed by atoms with E-state index in [-0.39, 0.29) is 25.4 Å². The van der Waals surface area contributed by atoms with Crippen molar-refractivity contribution in [3.8, 4) is 17.2 Å². The summed E-state index contributed by atoms with van der Waals surface area (Å²) < 4.78 is 16.2. The minimum Gasteiger partial charge on any atom is -0.461 e. The van der Waals surface area contributed by atoms with Crippen LogP contribution < -0.4 is 9.47 Å². The van der Waals surface area contributed by atoms with Gasteiger partial charge >= 0.3 is 11.9 Å². The van der Waals surface area contributed by atoms with E-state index in [1.807, 2.05) is 54.6 Å². The number of carbonyl (C=O) groups excluding carboxylic acids is 2. The van der Waals surface area contributed by atoms with Crippen LogP contribution in [0.4, 0.5) is 0 Å². The van der Waals surface area contributed by atoms with E-state index in [0.717, 1.165) is 11.3 Å². The normalized spacial score (nSPS) is 10.3. The Bertz CT molecular complexity index is 988.